The van der Waals surface area contributed by atoms with Gasteiger partial charge in [-0.25, -0.2) is 0 Å². The van der Waals surface area contributed by atoms with Crippen LogP contribution in [0.3, 0.4) is 0 Å². The lowest BCUT2D eigenvalue weighted by molar-refractivity contribution is 0.291. The summed E-state index contributed by atoms with van der Waals surface area (Å²) in [6.07, 6.45) is 2.59. The van der Waals surface area contributed by atoms with Gasteiger partial charge in [0.15, 0.2) is 0 Å². The van der Waals surface area contributed by atoms with E-state index >= 15 is 0 Å². The third-order valence-corrected chi connectivity index (χ3v) is 2.50. The largest absolute Gasteiger partial charge is 0.317 e. The van der Waals surface area contributed by atoms with Crippen molar-refractivity contribution in [3.8, 4) is 0 Å². The van der Waals surface area contributed by atoms with Crippen molar-refractivity contribution in [3.05, 3.63) is 0 Å². The van der Waals surface area contributed by atoms with Crippen molar-refractivity contribution in [3.63, 3.8) is 0 Å². The minimum Gasteiger partial charge on any atom is -0.317 e. The SMILES string of the molecule is CCN(CC)CCC[C@H](C)NC. The number of hydrogen-bond acceptors (Lipinski definition) is 2. The molecule has 0 aliphatic heterocycles. The molecular formula is C10H24N2. The fraction of sp³-hybridized carbons (Fsp3) is 1.00. The van der Waals surface area contributed by atoms with Crippen LogP contribution in [-0.4, -0.2) is 37.6 Å². The van der Waals surface area contributed by atoms with Crippen molar-refractivity contribution in [2.45, 2.75) is 39.7 Å². The Morgan fingerprint density at radius 3 is 2.25 bits per heavy atom. The van der Waals surface area contributed by atoms with E-state index in [4.69, 9.17) is 0 Å². The molecule has 0 radical (unpaired) electrons. The van der Waals surface area contributed by atoms with E-state index < -0.39 is 0 Å². The Morgan fingerprint density at radius 2 is 1.83 bits per heavy atom. The Labute approximate surface area is 77.3 Å². The summed E-state index contributed by atoms with van der Waals surface area (Å²) >= 11 is 0. The standard InChI is InChI=1S/C10H24N2/c1-5-12(6-2)9-7-8-10(3)11-4/h10-11H,5-9H2,1-4H3/t10-/m0/s1. The van der Waals surface area contributed by atoms with Gasteiger partial charge in [-0.2, -0.15) is 0 Å². The molecule has 0 heterocycles. The molecule has 0 aromatic carbocycles. The van der Waals surface area contributed by atoms with Crippen molar-refractivity contribution in [1.29, 1.82) is 0 Å². The number of nitrogens with zero attached hydrogens (tertiary/aromatic N) is 1. The average molecular weight is 172 g/mol. The van der Waals surface area contributed by atoms with Gasteiger partial charge in [-0.3, -0.25) is 0 Å². The monoisotopic (exact) mass is 172 g/mol. The van der Waals surface area contributed by atoms with Crippen molar-refractivity contribution >= 4 is 0 Å². The first-order valence-electron chi connectivity index (χ1n) is 5.14. The molecule has 0 bridgehead atoms. The molecule has 74 valence electrons. The summed E-state index contributed by atoms with van der Waals surface area (Å²) in [5, 5.41) is 3.26. The van der Waals surface area contributed by atoms with E-state index in [1.165, 1.54) is 32.5 Å². The fourth-order valence-corrected chi connectivity index (χ4v) is 1.31. The Bertz CT molecular complexity index is 89.8. The van der Waals surface area contributed by atoms with Crippen LogP contribution < -0.4 is 5.32 Å². The molecule has 0 saturated carbocycles. The maximum absolute atomic E-state index is 3.26. The van der Waals surface area contributed by atoms with E-state index in [0.29, 0.717) is 6.04 Å². The van der Waals surface area contributed by atoms with Crippen molar-refractivity contribution < 1.29 is 0 Å². The minimum absolute atomic E-state index is 0.667. The molecule has 0 aromatic rings. The first-order chi connectivity index (χ1) is 5.74. The summed E-state index contributed by atoms with van der Waals surface area (Å²) in [6.45, 7) is 10.3. The van der Waals surface area contributed by atoms with Crippen LogP contribution in [0.4, 0.5) is 0 Å². The zero-order valence-corrected chi connectivity index (χ0v) is 9.06. The molecule has 12 heavy (non-hydrogen) atoms. The minimum atomic E-state index is 0.667. The molecule has 0 saturated heterocycles. The number of hydrogen-bond donors (Lipinski definition) is 1. The second kappa shape index (κ2) is 7.56. The van der Waals surface area contributed by atoms with E-state index in [-0.39, 0.29) is 0 Å². The van der Waals surface area contributed by atoms with E-state index in [1.54, 1.807) is 0 Å². The van der Waals surface area contributed by atoms with Crippen LogP contribution in [0.1, 0.15) is 33.6 Å². The molecule has 0 amide bonds. The van der Waals surface area contributed by atoms with Gasteiger partial charge < -0.3 is 10.2 Å². The first-order valence-corrected chi connectivity index (χ1v) is 5.14. The molecule has 0 rings (SSSR count). The van der Waals surface area contributed by atoms with Gasteiger partial charge in [0.2, 0.25) is 0 Å². The van der Waals surface area contributed by atoms with Gasteiger partial charge in [0.25, 0.3) is 0 Å². The van der Waals surface area contributed by atoms with Crippen LogP contribution in [0.5, 0.6) is 0 Å². The molecule has 1 N–H and O–H groups in total. The quantitative estimate of drug-likeness (QED) is 0.629. The summed E-state index contributed by atoms with van der Waals surface area (Å²) < 4.78 is 0. The van der Waals surface area contributed by atoms with Gasteiger partial charge in [0.1, 0.15) is 0 Å². The zero-order chi connectivity index (χ0) is 9.40. The second-order valence-electron chi connectivity index (χ2n) is 3.36. The molecule has 0 aliphatic rings. The van der Waals surface area contributed by atoms with Gasteiger partial charge >= 0.3 is 0 Å². The summed E-state index contributed by atoms with van der Waals surface area (Å²) in [4.78, 5) is 2.47. The van der Waals surface area contributed by atoms with Crippen LogP contribution >= 0.6 is 0 Å². The van der Waals surface area contributed by atoms with Gasteiger partial charge in [-0.15, -0.1) is 0 Å². The fourth-order valence-electron chi connectivity index (χ4n) is 1.31. The zero-order valence-electron chi connectivity index (χ0n) is 9.06. The van der Waals surface area contributed by atoms with E-state index in [1.807, 2.05) is 7.05 Å². The Kier molecular flexibility index (Phi) is 7.51. The van der Waals surface area contributed by atoms with Crippen molar-refractivity contribution in [2.24, 2.45) is 0 Å². The summed E-state index contributed by atoms with van der Waals surface area (Å²) in [5.74, 6) is 0. The Hall–Kier alpha value is -0.0800. The van der Waals surface area contributed by atoms with Crippen LogP contribution in [0, 0.1) is 0 Å². The predicted octanol–water partition coefficient (Wildman–Crippen LogP) is 1.72. The summed E-state index contributed by atoms with van der Waals surface area (Å²) in [7, 11) is 2.03. The maximum atomic E-state index is 3.26. The third-order valence-electron chi connectivity index (χ3n) is 2.50. The van der Waals surface area contributed by atoms with Gasteiger partial charge in [-0.1, -0.05) is 13.8 Å². The van der Waals surface area contributed by atoms with Crippen molar-refractivity contribution in [2.75, 3.05) is 26.7 Å². The molecule has 0 unspecified atom stereocenters. The molecule has 0 fully saturated rings. The normalized spacial score (nSPS) is 13.8. The highest BCUT2D eigenvalue weighted by atomic mass is 15.1. The number of rotatable bonds is 7. The van der Waals surface area contributed by atoms with E-state index in [0.717, 1.165) is 0 Å². The molecular weight excluding hydrogens is 148 g/mol. The second-order valence-corrected chi connectivity index (χ2v) is 3.36. The van der Waals surface area contributed by atoms with Gasteiger partial charge in [-0.05, 0) is 46.4 Å². The van der Waals surface area contributed by atoms with Crippen LogP contribution in [0.15, 0.2) is 0 Å². The third kappa shape index (κ3) is 5.56. The molecule has 0 aromatic heterocycles. The molecule has 2 heteroatoms. The molecule has 0 aliphatic carbocycles. The average Bonchev–Trinajstić information content (AvgIpc) is 2.12. The lowest BCUT2D eigenvalue weighted by atomic mass is 10.2. The highest BCUT2D eigenvalue weighted by Gasteiger charge is 2.00. The highest BCUT2D eigenvalue weighted by Crippen LogP contribution is 1.98. The Balaban J connectivity index is 3.28. The molecule has 0 spiro atoms. The lowest BCUT2D eigenvalue weighted by Gasteiger charge is -2.18. The van der Waals surface area contributed by atoms with Crippen molar-refractivity contribution in [1.82, 2.24) is 10.2 Å². The summed E-state index contributed by atoms with van der Waals surface area (Å²) in [5.41, 5.74) is 0. The van der Waals surface area contributed by atoms with Gasteiger partial charge in [0.05, 0.1) is 0 Å². The highest BCUT2D eigenvalue weighted by molar-refractivity contribution is 4.59. The Morgan fingerprint density at radius 1 is 1.25 bits per heavy atom. The van der Waals surface area contributed by atoms with E-state index in [2.05, 4.69) is 31.0 Å². The van der Waals surface area contributed by atoms with Crippen LogP contribution in [0.2, 0.25) is 0 Å². The summed E-state index contributed by atoms with van der Waals surface area (Å²) in [6, 6.07) is 0.667. The van der Waals surface area contributed by atoms with Gasteiger partial charge in [0, 0.05) is 6.04 Å². The molecule has 2 nitrogen and oxygen atoms in total. The van der Waals surface area contributed by atoms with Crippen LogP contribution in [0.25, 0.3) is 0 Å². The van der Waals surface area contributed by atoms with E-state index in [9.17, 15) is 0 Å². The topological polar surface area (TPSA) is 15.3 Å². The first kappa shape index (κ1) is 11.9. The predicted molar refractivity (Wildman–Crippen MR) is 55.5 cm³/mol. The maximum Gasteiger partial charge on any atom is 0.00362 e. The lowest BCUT2D eigenvalue weighted by Crippen LogP contribution is -2.27. The van der Waals surface area contributed by atoms with Crippen LogP contribution in [-0.2, 0) is 0 Å². The smallest absolute Gasteiger partial charge is 0.00362 e. The number of nitrogens with one attached hydrogen (secondary N) is 1. The molecule has 1 atom stereocenters.